The summed E-state index contributed by atoms with van der Waals surface area (Å²) >= 11 is 0. The highest BCUT2D eigenvalue weighted by Gasteiger charge is 2.17. The predicted molar refractivity (Wildman–Crippen MR) is 99.0 cm³/mol. The van der Waals surface area contributed by atoms with Crippen LogP contribution >= 0.6 is 0 Å². The molecule has 1 atom stereocenters. The highest BCUT2D eigenvalue weighted by molar-refractivity contribution is 5.93. The van der Waals surface area contributed by atoms with Gasteiger partial charge in [-0.15, -0.1) is 0 Å². The first-order valence-corrected chi connectivity index (χ1v) is 8.24. The number of carbonyl (C=O) groups excluding carboxylic acids is 1. The molecule has 1 heterocycles. The fraction of sp³-hybridized carbons (Fsp3) is 0.200. The van der Waals surface area contributed by atoms with Crippen molar-refractivity contribution >= 4 is 5.91 Å². The van der Waals surface area contributed by atoms with E-state index in [0.29, 0.717) is 17.2 Å². The van der Waals surface area contributed by atoms with E-state index in [9.17, 15) is 4.79 Å². The lowest BCUT2D eigenvalue weighted by Gasteiger charge is -2.17. The summed E-state index contributed by atoms with van der Waals surface area (Å²) in [5.74, 6) is 1.07. The third kappa shape index (κ3) is 3.54. The summed E-state index contributed by atoms with van der Waals surface area (Å²) in [7, 11) is 3.18. The van der Waals surface area contributed by atoms with Crippen molar-refractivity contribution in [3.8, 4) is 17.2 Å². The normalized spacial score (nSPS) is 11.7. The van der Waals surface area contributed by atoms with Gasteiger partial charge in [-0.1, -0.05) is 24.3 Å². The molecule has 2 aromatic carbocycles. The van der Waals surface area contributed by atoms with Gasteiger partial charge in [0.25, 0.3) is 5.91 Å². The smallest absolute Gasteiger partial charge is 0.270 e. The molecule has 0 bridgehead atoms. The molecule has 134 valence electrons. The van der Waals surface area contributed by atoms with Gasteiger partial charge >= 0.3 is 0 Å². The first kappa shape index (κ1) is 17.5. The number of para-hydroxylation sites is 1. The Morgan fingerprint density at radius 1 is 1.08 bits per heavy atom. The van der Waals surface area contributed by atoms with Gasteiger partial charge in [0.2, 0.25) is 0 Å². The minimum atomic E-state index is -0.207. The van der Waals surface area contributed by atoms with E-state index >= 15 is 0 Å². The number of rotatable bonds is 6. The van der Waals surface area contributed by atoms with Crippen molar-refractivity contribution in [2.24, 2.45) is 0 Å². The number of imidazole rings is 1. The van der Waals surface area contributed by atoms with Gasteiger partial charge in [-0.3, -0.25) is 9.36 Å². The van der Waals surface area contributed by atoms with E-state index in [4.69, 9.17) is 9.47 Å². The summed E-state index contributed by atoms with van der Waals surface area (Å²) < 4.78 is 12.3. The first-order chi connectivity index (χ1) is 12.6. The average Bonchev–Trinajstić information content (AvgIpc) is 3.18. The summed E-state index contributed by atoms with van der Waals surface area (Å²) in [4.78, 5) is 16.8. The zero-order valence-corrected chi connectivity index (χ0v) is 15.0. The second-order valence-corrected chi connectivity index (χ2v) is 5.79. The largest absolute Gasteiger partial charge is 0.493 e. The molecule has 1 N–H and O–H groups in total. The van der Waals surface area contributed by atoms with Crippen molar-refractivity contribution in [1.82, 2.24) is 14.9 Å². The Balaban J connectivity index is 1.80. The Bertz CT molecular complexity index is 890. The van der Waals surface area contributed by atoms with Crippen molar-refractivity contribution in [1.29, 1.82) is 0 Å². The number of nitrogens with one attached hydrogen (secondary N) is 1. The molecular formula is C20H21N3O3. The van der Waals surface area contributed by atoms with Crippen LogP contribution in [0.15, 0.2) is 61.1 Å². The quantitative estimate of drug-likeness (QED) is 0.739. The predicted octanol–water partition coefficient (Wildman–Crippen LogP) is 3.38. The van der Waals surface area contributed by atoms with E-state index in [0.717, 1.165) is 11.3 Å². The van der Waals surface area contributed by atoms with Crippen LogP contribution in [0.3, 0.4) is 0 Å². The Kier molecular flexibility index (Phi) is 5.22. The van der Waals surface area contributed by atoms with Crippen LogP contribution in [0, 0.1) is 0 Å². The van der Waals surface area contributed by atoms with Gasteiger partial charge in [0, 0.05) is 5.69 Å². The van der Waals surface area contributed by atoms with Crippen LogP contribution in [-0.2, 0) is 0 Å². The summed E-state index contributed by atoms with van der Waals surface area (Å²) in [6.07, 6.45) is 3.19. The van der Waals surface area contributed by atoms with Gasteiger partial charge in [-0.2, -0.15) is 0 Å². The number of amides is 1. The minimum Gasteiger partial charge on any atom is -0.493 e. The lowest BCUT2D eigenvalue weighted by atomic mass is 10.1. The van der Waals surface area contributed by atoms with Gasteiger partial charge in [0.15, 0.2) is 11.5 Å². The molecule has 0 radical (unpaired) electrons. The molecule has 0 aliphatic rings. The van der Waals surface area contributed by atoms with Crippen LogP contribution in [0.25, 0.3) is 5.69 Å². The van der Waals surface area contributed by atoms with Gasteiger partial charge in [0.1, 0.15) is 5.69 Å². The molecule has 1 unspecified atom stereocenters. The summed E-state index contributed by atoms with van der Waals surface area (Å²) in [5, 5.41) is 3.00. The Morgan fingerprint density at radius 3 is 2.50 bits per heavy atom. The molecule has 6 heteroatoms. The summed E-state index contributed by atoms with van der Waals surface area (Å²) in [6, 6.07) is 15.0. The van der Waals surface area contributed by atoms with Crippen LogP contribution in [0.5, 0.6) is 11.5 Å². The van der Waals surface area contributed by atoms with Crippen molar-refractivity contribution < 1.29 is 14.3 Å². The van der Waals surface area contributed by atoms with Crippen LogP contribution in [-0.4, -0.2) is 29.7 Å². The zero-order chi connectivity index (χ0) is 18.5. The Hall–Kier alpha value is -3.28. The fourth-order valence-corrected chi connectivity index (χ4v) is 2.73. The van der Waals surface area contributed by atoms with Gasteiger partial charge < -0.3 is 14.8 Å². The first-order valence-electron chi connectivity index (χ1n) is 8.24. The SMILES string of the molecule is COc1ccc(C(C)NC(=O)c2cncn2-c2ccccc2)cc1OC. The second kappa shape index (κ2) is 7.74. The number of hydrogen-bond acceptors (Lipinski definition) is 4. The Labute approximate surface area is 152 Å². The highest BCUT2D eigenvalue weighted by Crippen LogP contribution is 2.30. The molecular weight excluding hydrogens is 330 g/mol. The third-order valence-corrected chi connectivity index (χ3v) is 4.16. The number of nitrogens with zero attached hydrogens (tertiary/aromatic N) is 2. The number of aromatic nitrogens is 2. The lowest BCUT2D eigenvalue weighted by Crippen LogP contribution is -2.28. The molecule has 1 aromatic heterocycles. The molecule has 0 aliphatic carbocycles. The molecule has 1 amide bonds. The second-order valence-electron chi connectivity index (χ2n) is 5.79. The topological polar surface area (TPSA) is 65.4 Å². The van der Waals surface area contributed by atoms with Crippen molar-refractivity contribution in [3.05, 3.63) is 72.3 Å². The van der Waals surface area contributed by atoms with Gasteiger partial charge in [0.05, 0.1) is 32.8 Å². The van der Waals surface area contributed by atoms with E-state index in [1.54, 1.807) is 31.3 Å². The minimum absolute atomic E-state index is 0.200. The maximum atomic E-state index is 12.7. The van der Waals surface area contributed by atoms with E-state index < -0.39 is 0 Å². The average molecular weight is 351 g/mol. The fourth-order valence-electron chi connectivity index (χ4n) is 2.73. The number of ether oxygens (including phenoxy) is 2. The zero-order valence-electron chi connectivity index (χ0n) is 15.0. The van der Waals surface area contributed by atoms with Crippen molar-refractivity contribution in [2.75, 3.05) is 14.2 Å². The molecule has 26 heavy (non-hydrogen) atoms. The molecule has 0 aliphatic heterocycles. The third-order valence-electron chi connectivity index (χ3n) is 4.16. The molecule has 0 spiro atoms. The lowest BCUT2D eigenvalue weighted by molar-refractivity contribution is 0.0933. The molecule has 0 fully saturated rings. The van der Waals surface area contributed by atoms with Crippen LogP contribution in [0.1, 0.15) is 29.0 Å². The van der Waals surface area contributed by atoms with Crippen molar-refractivity contribution in [3.63, 3.8) is 0 Å². The van der Waals surface area contributed by atoms with E-state index in [2.05, 4.69) is 10.3 Å². The molecule has 3 aromatic rings. The van der Waals surface area contributed by atoms with Crippen LogP contribution in [0.4, 0.5) is 0 Å². The van der Waals surface area contributed by atoms with E-state index in [1.807, 2.05) is 55.5 Å². The Morgan fingerprint density at radius 2 is 1.81 bits per heavy atom. The number of carbonyl (C=O) groups is 1. The summed E-state index contributed by atoms with van der Waals surface area (Å²) in [6.45, 7) is 1.92. The van der Waals surface area contributed by atoms with Crippen LogP contribution in [0.2, 0.25) is 0 Å². The molecule has 6 nitrogen and oxygen atoms in total. The van der Waals surface area contributed by atoms with E-state index in [1.165, 1.54) is 0 Å². The molecule has 3 rings (SSSR count). The van der Waals surface area contributed by atoms with E-state index in [-0.39, 0.29) is 11.9 Å². The maximum Gasteiger partial charge on any atom is 0.270 e. The molecule has 0 saturated heterocycles. The maximum absolute atomic E-state index is 12.7. The van der Waals surface area contributed by atoms with Crippen LogP contribution < -0.4 is 14.8 Å². The standard InChI is InChI=1S/C20H21N3O3/c1-14(15-9-10-18(25-2)19(11-15)26-3)22-20(24)17-12-21-13-23(17)16-7-5-4-6-8-16/h4-14H,1-3H3,(H,22,24). The van der Waals surface area contributed by atoms with Gasteiger partial charge in [-0.25, -0.2) is 4.98 Å². The summed E-state index contributed by atoms with van der Waals surface area (Å²) in [5.41, 5.74) is 2.28. The molecule has 0 saturated carbocycles. The monoisotopic (exact) mass is 351 g/mol. The number of benzene rings is 2. The highest BCUT2D eigenvalue weighted by atomic mass is 16.5. The van der Waals surface area contributed by atoms with Gasteiger partial charge in [-0.05, 0) is 36.8 Å². The number of hydrogen-bond donors (Lipinski definition) is 1. The number of methoxy groups -OCH3 is 2. The van der Waals surface area contributed by atoms with Crippen molar-refractivity contribution in [2.45, 2.75) is 13.0 Å².